The van der Waals surface area contributed by atoms with Crippen molar-refractivity contribution < 1.29 is 4.74 Å². The van der Waals surface area contributed by atoms with Crippen LogP contribution in [0.4, 0.5) is 0 Å². The van der Waals surface area contributed by atoms with E-state index in [1.54, 1.807) is 0 Å². The highest BCUT2D eigenvalue weighted by Crippen LogP contribution is 2.34. The zero-order valence-electron chi connectivity index (χ0n) is 12.7. The third kappa shape index (κ3) is 3.71. The van der Waals surface area contributed by atoms with Crippen LogP contribution in [0, 0.1) is 10.8 Å². The predicted molar refractivity (Wildman–Crippen MR) is 78.3 cm³/mol. The summed E-state index contributed by atoms with van der Waals surface area (Å²) in [5.74, 6) is 0. The van der Waals surface area contributed by atoms with Crippen LogP contribution in [-0.2, 0) is 4.74 Å². The number of nitrogens with zero attached hydrogens (tertiary/aromatic N) is 1. The summed E-state index contributed by atoms with van der Waals surface area (Å²) < 4.78 is 5.74. The average molecular weight is 266 g/mol. The van der Waals surface area contributed by atoms with E-state index in [0.717, 1.165) is 25.8 Å². The van der Waals surface area contributed by atoms with Crippen molar-refractivity contribution in [3.63, 3.8) is 0 Å². The van der Waals surface area contributed by atoms with Crippen LogP contribution in [0.3, 0.4) is 0 Å². The Labute approximate surface area is 118 Å². The Balaban J connectivity index is 1.57. The molecule has 1 saturated carbocycles. The lowest BCUT2D eigenvalue weighted by atomic mass is 9.81. The normalized spacial score (nSPS) is 35.7. The van der Waals surface area contributed by atoms with E-state index in [1.807, 2.05) is 0 Å². The van der Waals surface area contributed by atoms with E-state index < -0.39 is 0 Å². The first-order chi connectivity index (χ1) is 9.07. The van der Waals surface area contributed by atoms with Crippen molar-refractivity contribution in [2.75, 3.05) is 39.4 Å². The molecule has 0 bridgehead atoms. The molecule has 1 aliphatic carbocycles. The van der Waals surface area contributed by atoms with Gasteiger partial charge in [0.1, 0.15) is 0 Å². The number of ether oxygens (including phenoxy) is 1. The average Bonchev–Trinajstić information content (AvgIpc) is 3.06. The molecule has 0 spiro atoms. The lowest BCUT2D eigenvalue weighted by Crippen LogP contribution is -2.49. The van der Waals surface area contributed by atoms with Crippen LogP contribution in [0.25, 0.3) is 0 Å². The number of nitrogens with one attached hydrogen (secondary N) is 1. The topological polar surface area (TPSA) is 24.5 Å². The van der Waals surface area contributed by atoms with E-state index in [4.69, 9.17) is 4.74 Å². The van der Waals surface area contributed by atoms with Crippen molar-refractivity contribution in [3.05, 3.63) is 0 Å². The largest absolute Gasteiger partial charge is 0.381 e. The molecule has 3 fully saturated rings. The molecule has 1 N–H and O–H groups in total. The Morgan fingerprint density at radius 1 is 1.26 bits per heavy atom. The smallest absolute Gasteiger partial charge is 0.0547 e. The number of hydrogen-bond acceptors (Lipinski definition) is 3. The van der Waals surface area contributed by atoms with Gasteiger partial charge in [-0.1, -0.05) is 13.8 Å². The minimum atomic E-state index is 0.385. The third-order valence-electron chi connectivity index (χ3n) is 5.07. The van der Waals surface area contributed by atoms with Crippen LogP contribution >= 0.6 is 0 Å². The molecule has 2 aliphatic heterocycles. The lowest BCUT2D eigenvalue weighted by molar-refractivity contribution is 0.0582. The SMILES string of the molecule is CC1(C)CCCN(CC2(CNC3CC3)CCOC2)C1. The molecule has 0 aromatic rings. The molecule has 1 unspecified atom stereocenters. The summed E-state index contributed by atoms with van der Waals surface area (Å²) in [7, 11) is 0. The molecule has 3 aliphatic rings. The van der Waals surface area contributed by atoms with Crippen molar-refractivity contribution in [3.8, 4) is 0 Å². The van der Waals surface area contributed by atoms with Gasteiger partial charge in [-0.2, -0.15) is 0 Å². The zero-order valence-corrected chi connectivity index (χ0v) is 12.7. The van der Waals surface area contributed by atoms with E-state index >= 15 is 0 Å². The second-order valence-electron chi connectivity index (χ2n) is 7.94. The monoisotopic (exact) mass is 266 g/mol. The molecule has 3 rings (SSSR count). The highest BCUT2D eigenvalue weighted by molar-refractivity contribution is 4.93. The highest BCUT2D eigenvalue weighted by Gasteiger charge is 2.39. The van der Waals surface area contributed by atoms with Gasteiger partial charge in [0, 0.05) is 37.7 Å². The minimum Gasteiger partial charge on any atom is -0.381 e. The van der Waals surface area contributed by atoms with Crippen molar-refractivity contribution >= 4 is 0 Å². The second-order valence-corrected chi connectivity index (χ2v) is 7.94. The number of hydrogen-bond donors (Lipinski definition) is 1. The fraction of sp³-hybridized carbons (Fsp3) is 1.00. The number of rotatable bonds is 5. The lowest BCUT2D eigenvalue weighted by Gasteiger charge is -2.42. The quantitative estimate of drug-likeness (QED) is 0.826. The molecule has 2 saturated heterocycles. The van der Waals surface area contributed by atoms with Crippen molar-refractivity contribution in [1.29, 1.82) is 0 Å². The van der Waals surface area contributed by atoms with Gasteiger partial charge in [-0.15, -0.1) is 0 Å². The number of likely N-dealkylation sites (tertiary alicyclic amines) is 1. The standard InChI is InChI=1S/C16H30N2O/c1-15(2)6-3-8-18(11-15)12-16(7-9-19-13-16)10-17-14-4-5-14/h14,17H,3-13H2,1-2H3. The predicted octanol–water partition coefficient (Wildman–Crippen LogP) is 2.27. The molecule has 3 nitrogen and oxygen atoms in total. The summed E-state index contributed by atoms with van der Waals surface area (Å²) in [6.07, 6.45) is 6.75. The summed E-state index contributed by atoms with van der Waals surface area (Å²) in [6.45, 7) is 11.7. The first-order valence-electron chi connectivity index (χ1n) is 8.11. The molecule has 3 heteroatoms. The number of piperidine rings is 1. The van der Waals surface area contributed by atoms with Gasteiger partial charge in [0.15, 0.2) is 0 Å². The summed E-state index contributed by atoms with van der Waals surface area (Å²) in [5.41, 5.74) is 0.888. The van der Waals surface area contributed by atoms with Gasteiger partial charge in [0.05, 0.1) is 6.61 Å². The first-order valence-corrected chi connectivity index (χ1v) is 8.11. The van der Waals surface area contributed by atoms with Gasteiger partial charge < -0.3 is 15.0 Å². The molecular weight excluding hydrogens is 236 g/mol. The van der Waals surface area contributed by atoms with Crippen molar-refractivity contribution in [2.45, 2.75) is 52.0 Å². The molecule has 19 heavy (non-hydrogen) atoms. The highest BCUT2D eigenvalue weighted by atomic mass is 16.5. The molecule has 0 aromatic heterocycles. The summed E-state index contributed by atoms with van der Waals surface area (Å²) in [6, 6.07) is 0.815. The zero-order chi connectivity index (χ0) is 13.3. The van der Waals surface area contributed by atoms with Gasteiger partial charge in [0.2, 0.25) is 0 Å². The van der Waals surface area contributed by atoms with E-state index in [2.05, 4.69) is 24.1 Å². The fourth-order valence-electron chi connectivity index (χ4n) is 3.77. The van der Waals surface area contributed by atoms with E-state index in [-0.39, 0.29) is 0 Å². The molecule has 110 valence electrons. The maximum Gasteiger partial charge on any atom is 0.0547 e. The van der Waals surface area contributed by atoms with E-state index in [0.29, 0.717) is 10.8 Å². The van der Waals surface area contributed by atoms with Crippen LogP contribution in [-0.4, -0.2) is 50.3 Å². The van der Waals surface area contributed by atoms with Crippen LogP contribution in [0.15, 0.2) is 0 Å². The van der Waals surface area contributed by atoms with E-state index in [1.165, 1.54) is 51.7 Å². The maximum atomic E-state index is 5.74. The van der Waals surface area contributed by atoms with Gasteiger partial charge in [-0.05, 0) is 44.1 Å². The van der Waals surface area contributed by atoms with Crippen molar-refractivity contribution in [2.24, 2.45) is 10.8 Å². The summed E-state index contributed by atoms with van der Waals surface area (Å²) in [4.78, 5) is 2.70. The minimum absolute atomic E-state index is 0.385. The van der Waals surface area contributed by atoms with Crippen LogP contribution in [0.1, 0.15) is 46.0 Å². The molecule has 2 heterocycles. The van der Waals surface area contributed by atoms with Gasteiger partial charge in [0.25, 0.3) is 0 Å². The Morgan fingerprint density at radius 2 is 2.11 bits per heavy atom. The Morgan fingerprint density at radius 3 is 2.74 bits per heavy atom. The van der Waals surface area contributed by atoms with Crippen LogP contribution < -0.4 is 5.32 Å². The second kappa shape index (κ2) is 5.34. The third-order valence-corrected chi connectivity index (χ3v) is 5.07. The Bertz CT molecular complexity index is 306. The van der Waals surface area contributed by atoms with Crippen LogP contribution in [0.5, 0.6) is 0 Å². The Hall–Kier alpha value is -0.120. The summed E-state index contributed by atoms with van der Waals surface area (Å²) in [5, 5.41) is 3.74. The van der Waals surface area contributed by atoms with Gasteiger partial charge in [-0.3, -0.25) is 0 Å². The first kappa shape index (κ1) is 13.8. The summed E-state index contributed by atoms with van der Waals surface area (Å²) >= 11 is 0. The van der Waals surface area contributed by atoms with Gasteiger partial charge in [-0.25, -0.2) is 0 Å². The van der Waals surface area contributed by atoms with Crippen LogP contribution in [0.2, 0.25) is 0 Å². The van der Waals surface area contributed by atoms with Gasteiger partial charge >= 0.3 is 0 Å². The van der Waals surface area contributed by atoms with E-state index in [9.17, 15) is 0 Å². The molecule has 0 radical (unpaired) electrons. The maximum absolute atomic E-state index is 5.74. The molecule has 0 aromatic carbocycles. The fourth-order valence-corrected chi connectivity index (χ4v) is 3.77. The Kier molecular flexibility index (Phi) is 3.89. The van der Waals surface area contributed by atoms with Crippen molar-refractivity contribution in [1.82, 2.24) is 10.2 Å². The molecule has 1 atom stereocenters. The molecular formula is C16H30N2O. The molecule has 0 amide bonds.